The van der Waals surface area contributed by atoms with Crippen LogP contribution < -0.4 is 5.32 Å². The van der Waals surface area contributed by atoms with Crippen LogP contribution in [0.2, 0.25) is 10.0 Å². The molecule has 0 amide bonds. The van der Waals surface area contributed by atoms with E-state index in [1.54, 1.807) is 23.5 Å². The lowest BCUT2D eigenvalue weighted by atomic mass is 10.3. The Bertz CT molecular complexity index is 681. The highest BCUT2D eigenvalue weighted by atomic mass is 35.5. The number of nitrogens with zero attached hydrogens (tertiary/aromatic N) is 1. The molecule has 7 heteroatoms. The Kier molecular flexibility index (Phi) is 4.26. The Labute approximate surface area is 130 Å². The maximum atomic E-state index is 5.97. The monoisotopic (exact) mass is 333 g/mol. The number of benzene rings is 1. The van der Waals surface area contributed by atoms with Gasteiger partial charge in [-0.05, 0) is 30.0 Å². The van der Waals surface area contributed by atoms with E-state index in [-0.39, 0.29) is 12.4 Å². The zero-order chi connectivity index (χ0) is 12.7. The van der Waals surface area contributed by atoms with Crippen molar-refractivity contribution in [1.82, 2.24) is 9.97 Å². The second-order valence-electron chi connectivity index (χ2n) is 3.96. The van der Waals surface area contributed by atoms with Crippen molar-refractivity contribution < 1.29 is 0 Å². The van der Waals surface area contributed by atoms with Gasteiger partial charge in [-0.2, -0.15) is 0 Å². The molecule has 0 unspecified atom stereocenters. The zero-order valence-corrected chi connectivity index (χ0v) is 13.0. The first-order chi connectivity index (χ1) is 8.63. The Balaban J connectivity index is 0.00000133. The van der Waals surface area contributed by atoms with Crippen LogP contribution in [-0.4, -0.2) is 9.97 Å². The molecule has 0 bridgehead atoms. The number of aryl methyl sites for hydroxylation is 1. The van der Waals surface area contributed by atoms with Crippen LogP contribution >= 0.6 is 46.9 Å². The number of halogens is 3. The highest BCUT2D eigenvalue weighted by Gasteiger charge is 2.07. The van der Waals surface area contributed by atoms with E-state index in [9.17, 15) is 0 Å². The Morgan fingerprint density at radius 1 is 1.21 bits per heavy atom. The van der Waals surface area contributed by atoms with Gasteiger partial charge in [0, 0.05) is 5.38 Å². The molecule has 1 aromatic carbocycles. The van der Waals surface area contributed by atoms with Gasteiger partial charge in [0.25, 0.3) is 0 Å². The van der Waals surface area contributed by atoms with E-state index in [4.69, 9.17) is 23.2 Å². The van der Waals surface area contributed by atoms with Gasteiger partial charge in [0.1, 0.15) is 0 Å². The topological polar surface area (TPSA) is 40.7 Å². The molecule has 2 N–H and O–H groups in total. The molecule has 3 aromatic rings. The zero-order valence-electron chi connectivity index (χ0n) is 9.83. The van der Waals surface area contributed by atoms with Gasteiger partial charge in [0.05, 0.1) is 26.8 Å². The summed E-state index contributed by atoms with van der Waals surface area (Å²) >= 11 is 13.6. The van der Waals surface area contributed by atoms with Crippen LogP contribution in [0.3, 0.4) is 0 Å². The van der Waals surface area contributed by atoms with Crippen LogP contribution in [0, 0.1) is 6.92 Å². The smallest absolute Gasteiger partial charge is 0.205 e. The molecule has 0 atom stereocenters. The van der Waals surface area contributed by atoms with E-state index in [0.717, 1.165) is 16.7 Å². The van der Waals surface area contributed by atoms with Gasteiger partial charge in [-0.15, -0.1) is 23.7 Å². The normalized spacial score (nSPS) is 10.5. The average Bonchev–Trinajstić information content (AvgIpc) is 2.87. The molecule has 0 saturated carbocycles. The second kappa shape index (κ2) is 5.59. The van der Waals surface area contributed by atoms with Crippen molar-refractivity contribution in [2.45, 2.75) is 6.92 Å². The first-order valence-corrected chi connectivity index (χ1v) is 6.98. The van der Waals surface area contributed by atoms with Crippen LogP contribution in [-0.2, 0) is 0 Å². The molecule has 2 aromatic heterocycles. The number of anilines is 2. The van der Waals surface area contributed by atoms with Crippen molar-refractivity contribution in [1.29, 1.82) is 0 Å². The summed E-state index contributed by atoms with van der Waals surface area (Å²) in [5.41, 5.74) is 3.90. The average molecular weight is 335 g/mol. The maximum Gasteiger partial charge on any atom is 0.205 e. The minimum absolute atomic E-state index is 0. The number of thiophene rings is 1. The van der Waals surface area contributed by atoms with E-state index < -0.39 is 0 Å². The van der Waals surface area contributed by atoms with Crippen molar-refractivity contribution in [2.75, 3.05) is 5.32 Å². The lowest BCUT2D eigenvalue weighted by Crippen LogP contribution is -1.91. The molecular weight excluding hydrogens is 325 g/mol. The van der Waals surface area contributed by atoms with E-state index in [2.05, 4.69) is 27.6 Å². The molecule has 100 valence electrons. The third-order valence-corrected chi connectivity index (χ3v) is 4.22. The van der Waals surface area contributed by atoms with E-state index in [1.807, 2.05) is 5.38 Å². The van der Waals surface area contributed by atoms with E-state index >= 15 is 0 Å². The Morgan fingerprint density at radius 3 is 2.63 bits per heavy atom. The van der Waals surface area contributed by atoms with Gasteiger partial charge in [-0.1, -0.05) is 23.2 Å². The lowest BCUT2D eigenvalue weighted by molar-refractivity contribution is 1.30. The molecule has 3 nitrogen and oxygen atoms in total. The molecule has 0 saturated heterocycles. The molecule has 0 fully saturated rings. The fourth-order valence-corrected chi connectivity index (χ4v) is 2.78. The lowest BCUT2D eigenvalue weighted by Gasteiger charge is -1.99. The first-order valence-electron chi connectivity index (χ1n) is 5.28. The van der Waals surface area contributed by atoms with Gasteiger partial charge in [0.15, 0.2) is 0 Å². The number of aromatic amines is 1. The standard InChI is InChI=1S/C12H9Cl2N3S.ClH/c1-6-4-18-5-11(6)17-12-15-9-2-7(13)8(14)3-10(9)16-12;/h2-5H,1H3,(H2,15,16,17);1H. The van der Waals surface area contributed by atoms with Gasteiger partial charge in [0.2, 0.25) is 5.95 Å². The van der Waals surface area contributed by atoms with Gasteiger partial charge >= 0.3 is 0 Å². The number of H-pyrrole nitrogens is 1. The molecule has 3 rings (SSSR count). The third kappa shape index (κ3) is 2.82. The van der Waals surface area contributed by atoms with Gasteiger partial charge < -0.3 is 10.3 Å². The molecule has 0 spiro atoms. The quantitative estimate of drug-likeness (QED) is 0.658. The summed E-state index contributed by atoms with van der Waals surface area (Å²) in [7, 11) is 0. The molecular formula is C12H10Cl3N3S. The van der Waals surface area contributed by atoms with E-state index in [0.29, 0.717) is 16.0 Å². The number of hydrogen-bond donors (Lipinski definition) is 2. The van der Waals surface area contributed by atoms with Crippen molar-refractivity contribution in [3.8, 4) is 0 Å². The molecule has 0 radical (unpaired) electrons. The SMILES string of the molecule is Cc1cscc1Nc1nc2cc(Cl)c(Cl)cc2[nH]1.Cl. The van der Waals surface area contributed by atoms with Crippen molar-refractivity contribution in [3.05, 3.63) is 38.5 Å². The van der Waals surface area contributed by atoms with Crippen LogP contribution in [0.1, 0.15) is 5.56 Å². The summed E-state index contributed by atoms with van der Waals surface area (Å²) in [6.45, 7) is 2.05. The highest BCUT2D eigenvalue weighted by Crippen LogP contribution is 2.29. The number of aromatic nitrogens is 2. The van der Waals surface area contributed by atoms with Crippen LogP contribution in [0.5, 0.6) is 0 Å². The molecule has 19 heavy (non-hydrogen) atoms. The largest absolute Gasteiger partial charge is 0.325 e. The number of rotatable bonds is 2. The molecule has 2 heterocycles. The number of imidazole rings is 1. The predicted molar refractivity (Wildman–Crippen MR) is 85.7 cm³/mol. The fourth-order valence-electron chi connectivity index (χ4n) is 1.68. The summed E-state index contributed by atoms with van der Waals surface area (Å²) in [5, 5.41) is 8.39. The summed E-state index contributed by atoms with van der Waals surface area (Å²) in [4.78, 5) is 7.59. The third-order valence-electron chi connectivity index (χ3n) is 2.63. The summed E-state index contributed by atoms with van der Waals surface area (Å²) < 4.78 is 0. The first kappa shape index (κ1) is 14.5. The Hall–Kier alpha value is -0.940. The summed E-state index contributed by atoms with van der Waals surface area (Å²) in [6.07, 6.45) is 0. The number of fused-ring (bicyclic) bond motifs is 1. The van der Waals surface area contributed by atoms with Crippen LogP contribution in [0.15, 0.2) is 22.9 Å². The number of nitrogens with one attached hydrogen (secondary N) is 2. The maximum absolute atomic E-state index is 5.97. The van der Waals surface area contributed by atoms with Gasteiger partial charge in [-0.3, -0.25) is 0 Å². The van der Waals surface area contributed by atoms with Crippen molar-refractivity contribution in [3.63, 3.8) is 0 Å². The number of hydrogen-bond acceptors (Lipinski definition) is 3. The van der Waals surface area contributed by atoms with Crippen molar-refractivity contribution in [2.24, 2.45) is 0 Å². The molecule has 0 aliphatic carbocycles. The summed E-state index contributed by atoms with van der Waals surface area (Å²) in [5.74, 6) is 0.685. The highest BCUT2D eigenvalue weighted by molar-refractivity contribution is 7.08. The minimum atomic E-state index is 0. The molecule has 0 aliphatic rings. The molecule has 0 aliphatic heterocycles. The van der Waals surface area contributed by atoms with E-state index in [1.165, 1.54) is 5.56 Å². The summed E-state index contributed by atoms with van der Waals surface area (Å²) in [6, 6.07) is 3.53. The van der Waals surface area contributed by atoms with Crippen molar-refractivity contribution >= 4 is 69.6 Å². The predicted octanol–water partition coefficient (Wildman–Crippen LogP) is 5.41. The van der Waals surface area contributed by atoms with Gasteiger partial charge in [-0.25, -0.2) is 4.98 Å². The van der Waals surface area contributed by atoms with Crippen LogP contribution in [0.25, 0.3) is 11.0 Å². The second-order valence-corrected chi connectivity index (χ2v) is 5.52. The Morgan fingerprint density at radius 2 is 1.95 bits per heavy atom. The fraction of sp³-hybridized carbons (Fsp3) is 0.0833. The van der Waals surface area contributed by atoms with Crippen LogP contribution in [0.4, 0.5) is 11.6 Å². The minimum Gasteiger partial charge on any atom is -0.325 e.